The van der Waals surface area contributed by atoms with Gasteiger partial charge in [-0.15, -0.1) is 0 Å². The first kappa shape index (κ1) is 16.7. The zero-order valence-electron chi connectivity index (χ0n) is 14.8. The van der Waals surface area contributed by atoms with Crippen LogP contribution in [0.25, 0.3) is 0 Å². The highest BCUT2D eigenvalue weighted by Gasteiger charge is 2.52. The second kappa shape index (κ2) is 5.16. The third kappa shape index (κ3) is 2.34. The Labute approximate surface area is 141 Å². The highest BCUT2D eigenvalue weighted by Crippen LogP contribution is 2.45. The maximum absolute atomic E-state index is 12.9. The van der Waals surface area contributed by atoms with Crippen LogP contribution in [0.3, 0.4) is 0 Å². The molecule has 1 N–H and O–H groups in total. The standard InChI is InChI=1S/C17H24N4O3/c1-16(2,3)21(15(23)24)11-6-10(7-11)20-13-12(8-18-9-19-13)17(4,5)14(20)22/h8-11H,6-7H2,1-5H3,(H,23,24)/t10-,11-. The number of hydrogen-bond acceptors (Lipinski definition) is 4. The minimum absolute atomic E-state index is 0.0119. The molecule has 1 aliphatic carbocycles. The number of nitrogens with zero attached hydrogens (tertiary/aromatic N) is 4. The lowest BCUT2D eigenvalue weighted by Gasteiger charge is -2.49. The summed E-state index contributed by atoms with van der Waals surface area (Å²) in [4.78, 5) is 36.0. The van der Waals surface area contributed by atoms with Gasteiger partial charge in [-0.05, 0) is 47.5 Å². The molecule has 3 rings (SSSR count). The fourth-order valence-electron chi connectivity index (χ4n) is 3.78. The van der Waals surface area contributed by atoms with Crippen molar-refractivity contribution in [1.82, 2.24) is 14.9 Å². The monoisotopic (exact) mass is 332 g/mol. The molecule has 2 amide bonds. The summed E-state index contributed by atoms with van der Waals surface area (Å²) in [6.45, 7) is 9.43. The first-order valence-corrected chi connectivity index (χ1v) is 8.21. The molecule has 1 aromatic rings. The molecule has 0 saturated heterocycles. The summed E-state index contributed by atoms with van der Waals surface area (Å²) in [6, 6.07) is -0.0866. The number of amides is 2. The molecule has 2 aliphatic rings. The Morgan fingerprint density at radius 1 is 1.38 bits per heavy atom. The number of hydrogen-bond donors (Lipinski definition) is 1. The van der Waals surface area contributed by atoms with Gasteiger partial charge in [0.2, 0.25) is 5.91 Å². The number of carbonyl (C=O) groups excluding carboxylic acids is 1. The number of fused-ring (bicyclic) bond motifs is 1. The summed E-state index contributed by atoms with van der Waals surface area (Å²) in [6.07, 6.45) is 3.51. The molecule has 1 fully saturated rings. The maximum Gasteiger partial charge on any atom is 0.407 e. The van der Waals surface area contributed by atoms with Crippen molar-refractivity contribution in [2.75, 3.05) is 4.90 Å². The minimum Gasteiger partial charge on any atom is -0.465 e. The van der Waals surface area contributed by atoms with Crippen molar-refractivity contribution in [2.24, 2.45) is 0 Å². The van der Waals surface area contributed by atoms with E-state index in [4.69, 9.17) is 0 Å². The average Bonchev–Trinajstić information content (AvgIpc) is 2.61. The van der Waals surface area contributed by atoms with Crippen LogP contribution in [0.4, 0.5) is 10.6 Å². The average molecular weight is 332 g/mol. The lowest BCUT2D eigenvalue weighted by atomic mass is 9.81. The van der Waals surface area contributed by atoms with Crippen LogP contribution in [-0.4, -0.2) is 49.6 Å². The number of anilines is 1. The van der Waals surface area contributed by atoms with E-state index in [0.717, 1.165) is 5.56 Å². The van der Waals surface area contributed by atoms with Crippen molar-refractivity contribution in [1.29, 1.82) is 0 Å². The van der Waals surface area contributed by atoms with Crippen LogP contribution < -0.4 is 4.90 Å². The molecule has 1 aromatic heterocycles. The van der Waals surface area contributed by atoms with E-state index in [0.29, 0.717) is 18.7 Å². The molecule has 1 saturated carbocycles. The molecule has 1 aliphatic heterocycles. The number of rotatable bonds is 2. The van der Waals surface area contributed by atoms with Crippen LogP contribution in [0.15, 0.2) is 12.5 Å². The van der Waals surface area contributed by atoms with Crippen LogP contribution in [0.2, 0.25) is 0 Å². The first-order valence-electron chi connectivity index (χ1n) is 8.21. The molecule has 0 aromatic carbocycles. The molecular formula is C17H24N4O3. The normalized spacial score (nSPS) is 25.2. The van der Waals surface area contributed by atoms with Gasteiger partial charge in [0.15, 0.2) is 0 Å². The molecule has 130 valence electrons. The summed E-state index contributed by atoms with van der Waals surface area (Å²) < 4.78 is 0. The predicted molar refractivity (Wildman–Crippen MR) is 89.0 cm³/mol. The van der Waals surface area contributed by atoms with Gasteiger partial charge in [-0.2, -0.15) is 0 Å². The third-order valence-corrected chi connectivity index (χ3v) is 5.09. The summed E-state index contributed by atoms with van der Waals surface area (Å²) in [7, 11) is 0. The number of carbonyl (C=O) groups is 2. The van der Waals surface area contributed by atoms with Crippen molar-refractivity contribution >= 4 is 17.8 Å². The molecule has 0 atom stereocenters. The van der Waals surface area contributed by atoms with Crippen LogP contribution in [0, 0.1) is 0 Å². The van der Waals surface area contributed by atoms with Crippen LogP contribution in [0.1, 0.15) is 53.0 Å². The van der Waals surface area contributed by atoms with Gasteiger partial charge >= 0.3 is 6.09 Å². The van der Waals surface area contributed by atoms with Gasteiger partial charge < -0.3 is 10.0 Å². The number of carboxylic acid groups (broad SMARTS) is 1. The second-order valence-electron chi connectivity index (χ2n) is 8.16. The summed E-state index contributed by atoms with van der Waals surface area (Å²) in [5.74, 6) is 0.681. The van der Waals surface area contributed by atoms with Crippen molar-refractivity contribution in [2.45, 2.75) is 70.5 Å². The van der Waals surface area contributed by atoms with E-state index in [-0.39, 0.29) is 18.0 Å². The number of aromatic nitrogens is 2. The highest BCUT2D eigenvalue weighted by molar-refractivity contribution is 6.07. The quantitative estimate of drug-likeness (QED) is 0.898. The largest absolute Gasteiger partial charge is 0.465 e. The van der Waals surface area contributed by atoms with Gasteiger partial charge in [0.1, 0.15) is 12.1 Å². The van der Waals surface area contributed by atoms with E-state index in [1.54, 1.807) is 11.1 Å². The SMILES string of the molecule is CC1(C)C(=O)N([C@H]2C[C@H](N(C(=O)O)C(C)(C)C)C2)c2ncncc21. The molecule has 0 bridgehead atoms. The van der Waals surface area contributed by atoms with E-state index in [1.165, 1.54) is 11.2 Å². The summed E-state index contributed by atoms with van der Waals surface area (Å²) >= 11 is 0. The van der Waals surface area contributed by atoms with E-state index in [2.05, 4.69) is 9.97 Å². The molecule has 0 unspecified atom stereocenters. The zero-order valence-corrected chi connectivity index (χ0v) is 14.8. The van der Waals surface area contributed by atoms with Gasteiger partial charge in [0.05, 0.1) is 5.41 Å². The van der Waals surface area contributed by atoms with Crippen molar-refractivity contribution in [3.05, 3.63) is 18.1 Å². The second-order valence-corrected chi connectivity index (χ2v) is 8.16. The molecule has 24 heavy (non-hydrogen) atoms. The van der Waals surface area contributed by atoms with Crippen LogP contribution in [0.5, 0.6) is 0 Å². The van der Waals surface area contributed by atoms with Gasteiger partial charge in [-0.1, -0.05) is 0 Å². The minimum atomic E-state index is -0.915. The van der Waals surface area contributed by atoms with E-state index in [9.17, 15) is 14.7 Å². The Kier molecular flexibility index (Phi) is 3.58. The van der Waals surface area contributed by atoms with E-state index in [1.807, 2.05) is 34.6 Å². The predicted octanol–water partition coefficient (Wildman–Crippen LogP) is 2.41. The Morgan fingerprint density at radius 2 is 2.00 bits per heavy atom. The topological polar surface area (TPSA) is 86.6 Å². The Balaban J connectivity index is 1.82. The zero-order chi connectivity index (χ0) is 17.9. The van der Waals surface area contributed by atoms with E-state index >= 15 is 0 Å². The van der Waals surface area contributed by atoms with Crippen molar-refractivity contribution in [3.63, 3.8) is 0 Å². The van der Waals surface area contributed by atoms with Gasteiger partial charge in [0.25, 0.3) is 0 Å². The smallest absolute Gasteiger partial charge is 0.407 e. The molecular weight excluding hydrogens is 308 g/mol. The maximum atomic E-state index is 12.9. The Morgan fingerprint density at radius 3 is 2.54 bits per heavy atom. The Bertz CT molecular complexity index is 689. The first-order chi connectivity index (χ1) is 11.0. The van der Waals surface area contributed by atoms with Crippen molar-refractivity contribution in [3.8, 4) is 0 Å². The van der Waals surface area contributed by atoms with Gasteiger partial charge in [0, 0.05) is 29.4 Å². The van der Waals surface area contributed by atoms with Gasteiger partial charge in [-0.3, -0.25) is 9.69 Å². The van der Waals surface area contributed by atoms with Crippen LogP contribution in [-0.2, 0) is 10.2 Å². The summed E-state index contributed by atoms with van der Waals surface area (Å²) in [5.41, 5.74) is -0.266. The fraction of sp³-hybridized carbons (Fsp3) is 0.647. The highest BCUT2D eigenvalue weighted by atomic mass is 16.4. The van der Waals surface area contributed by atoms with Gasteiger partial charge in [-0.25, -0.2) is 14.8 Å². The molecule has 0 spiro atoms. The molecule has 7 heteroatoms. The van der Waals surface area contributed by atoms with Crippen LogP contribution >= 0.6 is 0 Å². The van der Waals surface area contributed by atoms with Crippen molar-refractivity contribution < 1.29 is 14.7 Å². The third-order valence-electron chi connectivity index (χ3n) is 5.09. The van der Waals surface area contributed by atoms with E-state index < -0.39 is 17.0 Å². The summed E-state index contributed by atoms with van der Waals surface area (Å²) in [5, 5.41) is 9.51. The lowest BCUT2D eigenvalue weighted by Crippen LogP contribution is -2.61. The molecule has 2 heterocycles. The molecule has 7 nitrogen and oxygen atoms in total. The Hall–Kier alpha value is -2.18. The molecule has 0 radical (unpaired) electrons. The fourth-order valence-corrected chi connectivity index (χ4v) is 3.78. The lowest BCUT2D eigenvalue weighted by molar-refractivity contribution is -0.123.